The molecule has 0 saturated heterocycles. The van der Waals surface area contributed by atoms with Gasteiger partial charge in [0, 0.05) is 35.3 Å². The highest BCUT2D eigenvalue weighted by Gasteiger charge is 2.12. The molecule has 6 heteroatoms. The third kappa shape index (κ3) is 3.50. The van der Waals surface area contributed by atoms with Crippen molar-refractivity contribution in [3.63, 3.8) is 0 Å². The van der Waals surface area contributed by atoms with Gasteiger partial charge in [-0.1, -0.05) is 12.2 Å². The fourth-order valence-electron chi connectivity index (χ4n) is 2.77. The van der Waals surface area contributed by atoms with Crippen LogP contribution in [0, 0.1) is 5.82 Å². The molecule has 0 unspecified atom stereocenters. The summed E-state index contributed by atoms with van der Waals surface area (Å²) in [6.45, 7) is 1.80. The molecule has 0 fully saturated rings. The Morgan fingerprint density at radius 1 is 1.04 bits per heavy atom. The van der Waals surface area contributed by atoms with Crippen LogP contribution < -0.4 is 10.2 Å². The van der Waals surface area contributed by atoms with Crippen molar-refractivity contribution in [3.05, 3.63) is 77.4 Å². The predicted molar refractivity (Wildman–Crippen MR) is 103 cm³/mol. The van der Waals surface area contributed by atoms with Crippen molar-refractivity contribution in [2.24, 2.45) is 0 Å². The van der Waals surface area contributed by atoms with Crippen LogP contribution in [0.15, 0.2) is 66.1 Å². The maximum Gasteiger partial charge on any atom is 0.257 e. The predicted octanol–water partition coefficient (Wildman–Crippen LogP) is 4.58. The van der Waals surface area contributed by atoms with Crippen molar-refractivity contribution in [3.8, 4) is 11.3 Å². The van der Waals surface area contributed by atoms with Crippen LogP contribution in [0.2, 0.25) is 0 Å². The fraction of sp³-hybridized carbons (Fsp3) is 0.100. The van der Waals surface area contributed by atoms with E-state index in [1.165, 1.54) is 23.5 Å². The first kappa shape index (κ1) is 16.5. The highest BCUT2D eigenvalue weighted by Crippen LogP contribution is 2.25. The normalized spacial score (nSPS) is 13.2. The van der Waals surface area contributed by atoms with E-state index in [0.29, 0.717) is 16.4 Å². The van der Waals surface area contributed by atoms with Crippen molar-refractivity contribution < 1.29 is 9.18 Å². The summed E-state index contributed by atoms with van der Waals surface area (Å²) in [5.74, 6) is -0.484. The van der Waals surface area contributed by atoms with E-state index in [2.05, 4.69) is 27.4 Å². The lowest BCUT2D eigenvalue weighted by Crippen LogP contribution is -2.18. The molecule has 4 nitrogen and oxygen atoms in total. The maximum absolute atomic E-state index is 13.0. The molecule has 1 N–H and O–H groups in total. The number of carbonyl (C=O) groups is 1. The van der Waals surface area contributed by atoms with Gasteiger partial charge in [-0.15, -0.1) is 11.3 Å². The standard InChI is InChI=1S/C20H16FN3OS/c21-16-7-3-14(4-8-16)18-13-26-20(22-18)23-19(25)15-5-9-17(10-6-15)24-11-1-2-12-24/h1-10,13H,11-12H2,(H,22,23,25). The molecule has 26 heavy (non-hydrogen) atoms. The molecule has 130 valence electrons. The first-order valence-corrected chi connectivity index (χ1v) is 9.10. The Labute approximate surface area is 154 Å². The highest BCUT2D eigenvalue weighted by atomic mass is 32.1. The lowest BCUT2D eigenvalue weighted by molar-refractivity contribution is 0.102. The van der Waals surface area contributed by atoms with E-state index in [4.69, 9.17) is 0 Å². The van der Waals surface area contributed by atoms with Gasteiger partial charge in [0.15, 0.2) is 5.13 Å². The van der Waals surface area contributed by atoms with Crippen LogP contribution in [0.5, 0.6) is 0 Å². The number of rotatable bonds is 4. The topological polar surface area (TPSA) is 45.2 Å². The van der Waals surface area contributed by atoms with Gasteiger partial charge in [0.25, 0.3) is 5.91 Å². The third-order valence-electron chi connectivity index (χ3n) is 4.18. The van der Waals surface area contributed by atoms with Crippen molar-refractivity contribution >= 4 is 28.1 Å². The first-order chi connectivity index (χ1) is 12.7. The number of halogens is 1. The molecule has 4 rings (SSSR count). The van der Waals surface area contributed by atoms with Crippen LogP contribution in [-0.2, 0) is 0 Å². The molecule has 1 aliphatic rings. The summed E-state index contributed by atoms with van der Waals surface area (Å²) < 4.78 is 13.0. The van der Waals surface area contributed by atoms with Gasteiger partial charge in [-0.3, -0.25) is 10.1 Å². The minimum Gasteiger partial charge on any atom is -0.364 e. The summed E-state index contributed by atoms with van der Waals surface area (Å²) in [5.41, 5.74) is 3.20. The molecule has 2 heterocycles. The van der Waals surface area contributed by atoms with Crippen LogP contribution in [0.3, 0.4) is 0 Å². The third-order valence-corrected chi connectivity index (χ3v) is 4.94. The molecule has 0 spiro atoms. The summed E-state index contributed by atoms with van der Waals surface area (Å²) >= 11 is 1.34. The zero-order chi connectivity index (χ0) is 17.9. The Morgan fingerprint density at radius 2 is 1.73 bits per heavy atom. The number of anilines is 2. The number of benzene rings is 2. The van der Waals surface area contributed by atoms with E-state index < -0.39 is 0 Å². The lowest BCUT2D eigenvalue weighted by Gasteiger charge is -2.17. The number of hydrogen-bond acceptors (Lipinski definition) is 4. The van der Waals surface area contributed by atoms with E-state index in [1.807, 2.05) is 29.6 Å². The summed E-state index contributed by atoms with van der Waals surface area (Å²) in [7, 11) is 0. The molecule has 1 aliphatic heterocycles. The van der Waals surface area contributed by atoms with E-state index in [-0.39, 0.29) is 11.7 Å². The van der Waals surface area contributed by atoms with Crippen molar-refractivity contribution in [2.75, 3.05) is 23.3 Å². The van der Waals surface area contributed by atoms with Gasteiger partial charge in [0.1, 0.15) is 5.82 Å². The monoisotopic (exact) mass is 365 g/mol. The second-order valence-corrected chi connectivity index (χ2v) is 6.78. The Balaban J connectivity index is 1.44. The van der Waals surface area contributed by atoms with Crippen LogP contribution in [0.4, 0.5) is 15.2 Å². The summed E-state index contributed by atoms with van der Waals surface area (Å²) in [6.07, 6.45) is 4.25. The Hall–Kier alpha value is -2.99. The van der Waals surface area contributed by atoms with E-state index in [1.54, 1.807) is 12.1 Å². The molecule has 3 aromatic rings. The fourth-order valence-corrected chi connectivity index (χ4v) is 3.48. The van der Waals surface area contributed by atoms with Gasteiger partial charge in [-0.05, 0) is 48.5 Å². The first-order valence-electron chi connectivity index (χ1n) is 8.22. The molecule has 0 saturated carbocycles. The Morgan fingerprint density at radius 3 is 2.42 bits per heavy atom. The molecule has 1 aromatic heterocycles. The van der Waals surface area contributed by atoms with Crippen molar-refractivity contribution in [1.82, 2.24) is 4.98 Å². The van der Waals surface area contributed by atoms with Crippen LogP contribution in [0.25, 0.3) is 11.3 Å². The molecular formula is C20H16FN3OS. The SMILES string of the molecule is O=C(Nc1nc(-c2ccc(F)cc2)cs1)c1ccc(N2CC=CC2)cc1. The number of aromatic nitrogens is 1. The summed E-state index contributed by atoms with van der Waals surface area (Å²) in [5, 5.41) is 5.17. The van der Waals surface area contributed by atoms with Gasteiger partial charge in [0.05, 0.1) is 5.69 Å². The summed E-state index contributed by atoms with van der Waals surface area (Å²) in [6, 6.07) is 13.7. The zero-order valence-electron chi connectivity index (χ0n) is 13.9. The maximum atomic E-state index is 13.0. The Kier molecular flexibility index (Phi) is 4.50. The Bertz CT molecular complexity index is 940. The second kappa shape index (κ2) is 7.09. The van der Waals surface area contributed by atoms with E-state index >= 15 is 0 Å². The quantitative estimate of drug-likeness (QED) is 0.689. The summed E-state index contributed by atoms with van der Waals surface area (Å²) in [4.78, 5) is 19.0. The minimum atomic E-state index is -0.286. The average Bonchev–Trinajstić information content (AvgIpc) is 3.35. The highest BCUT2D eigenvalue weighted by molar-refractivity contribution is 7.14. The van der Waals surface area contributed by atoms with Gasteiger partial charge in [-0.25, -0.2) is 9.37 Å². The second-order valence-electron chi connectivity index (χ2n) is 5.92. The minimum absolute atomic E-state index is 0.198. The van der Waals surface area contributed by atoms with Crippen LogP contribution in [0.1, 0.15) is 10.4 Å². The molecule has 0 bridgehead atoms. The largest absolute Gasteiger partial charge is 0.364 e. The van der Waals surface area contributed by atoms with Crippen molar-refractivity contribution in [2.45, 2.75) is 0 Å². The average molecular weight is 365 g/mol. The van der Waals surface area contributed by atoms with E-state index in [9.17, 15) is 9.18 Å². The van der Waals surface area contributed by atoms with Crippen molar-refractivity contribution in [1.29, 1.82) is 0 Å². The number of thiazole rings is 1. The molecule has 0 aliphatic carbocycles. The number of nitrogens with zero attached hydrogens (tertiary/aromatic N) is 2. The molecular weight excluding hydrogens is 349 g/mol. The zero-order valence-corrected chi connectivity index (χ0v) is 14.7. The molecule has 0 atom stereocenters. The van der Waals surface area contributed by atoms with Gasteiger partial charge >= 0.3 is 0 Å². The number of nitrogens with one attached hydrogen (secondary N) is 1. The lowest BCUT2D eigenvalue weighted by atomic mass is 10.2. The molecule has 2 aromatic carbocycles. The van der Waals surface area contributed by atoms with Gasteiger partial charge in [-0.2, -0.15) is 0 Å². The number of hydrogen-bond donors (Lipinski definition) is 1. The van der Waals surface area contributed by atoms with E-state index in [0.717, 1.165) is 24.3 Å². The number of carbonyl (C=O) groups excluding carboxylic acids is 1. The molecule has 1 amide bonds. The smallest absolute Gasteiger partial charge is 0.257 e. The molecule has 0 radical (unpaired) electrons. The van der Waals surface area contributed by atoms with Gasteiger partial charge < -0.3 is 4.90 Å². The van der Waals surface area contributed by atoms with Crippen LogP contribution >= 0.6 is 11.3 Å². The number of amides is 1. The van der Waals surface area contributed by atoms with Crippen LogP contribution in [-0.4, -0.2) is 24.0 Å². The van der Waals surface area contributed by atoms with Gasteiger partial charge in [0.2, 0.25) is 0 Å².